The summed E-state index contributed by atoms with van der Waals surface area (Å²) in [5, 5.41) is 0. The Kier molecular flexibility index (Phi) is 13.8. The molecule has 0 radical (unpaired) electrons. The smallest absolute Gasteiger partial charge is 0.141 e. The summed E-state index contributed by atoms with van der Waals surface area (Å²) in [7, 11) is 0. The SMILES string of the molecule is CCC[N+]1(CC#Cc2ccc(C#CC[N+]3(CCC)CCOCC3)cc2)CCOCC1.[Br-].[Br-]. The van der Waals surface area contributed by atoms with E-state index in [4.69, 9.17) is 9.47 Å². The van der Waals surface area contributed by atoms with Crippen LogP contribution in [0.25, 0.3) is 0 Å². The number of morpholine rings is 2. The average Bonchev–Trinajstić information content (AvgIpc) is 2.77. The van der Waals surface area contributed by atoms with E-state index < -0.39 is 0 Å². The van der Waals surface area contributed by atoms with Crippen LogP contribution in [-0.2, 0) is 9.47 Å². The maximum absolute atomic E-state index is 5.56. The van der Waals surface area contributed by atoms with Gasteiger partial charge in [-0.1, -0.05) is 25.7 Å². The van der Waals surface area contributed by atoms with Crippen molar-refractivity contribution in [3.05, 3.63) is 35.4 Å². The number of nitrogens with zero attached hydrogens (tertiary/aromatic N) is 2. The summed E-state index contributed by atoms with van der Waals surface area (Å²) in [5.74, 6) is 13.6. The van der Waals surface area contributed by atoms with E-state index in [0.717, 1.165) is 85.8 Å². The van der Waals surface area contributed by atoms with E-state index in [1.807, 2.05) is 0 Å². The van der Waals surface area contributed by atoms with Crippen LogP contribution in [0.15, 0.2) is 24.3 Å². The molecule has 2 saturated heterocycles. The predicted octanol–water partition coefficient (Wildman–Crippen LogP) is -3.09. The Morgan fingerprint density at radius 2 is 1.00 bits per heavy atom. The number of halogens is 2. The Bertz CT molecular complexity index is 700. The number of rotatable bonds is 6. The van der Waals surface area contributed by atoms with Gasteiger partial charge in [0.05, 0.1) is 39.5 Å². The summed E-state index contributed by atoms with van der Waals surface area (Å²) in [6, 6.07) is 8.41. The third-order valence-electron chi connectivity index (χ3n) is 6.42. The van der Waals surface area contributed by atoms with Crippen LogP contribution in [0.2, 0.25) is 0 Å². The summed E-state index contributed by atoms with van der Waals surface area (Å²) in [4.78, 5) is 0. The number of hydrogen-bond donors (Lipinski definition) is 0. The Labute approximate surface area is 216 Å². The standard InChI is InChI=1S/C26H38N2O2.2BrH/c1-3-13-27(17-21-29-22-18-27)15-5-7-25-9-11-26(12-10-25)8-6-16-28(14-4-2)19-23-30-24-20-28;;/h9-12H,3-4,13-24H2,1-2H3;2*1H/q+2;;/p-2. The van der Waals surface area contributed by atoms with Crippen molar-refractivity contribution < 1.29 is 52.4 Å². The topological polar surface area (TPSA) is 18.5 Å². The summed E-state index contributed by atoms with van der Waals surface area (Å²) in [6.07, 6.45) is 2.39. The van der Waals surface area contributed by atoms with Crippen molar-refractivity contribution in [3.8, 4) is 23.7 Å². The van der Waals surface area contributed by atoms with Crippen molar-refractivity contribution in [2.24, 2.45) is 0 Å². The van der Waals surface area contributed by atoms with Crippen LogP contribution in [0.3, 0.4) is 0 Å². The molecule has 6 heteroatoms. The van der Waals surface area contributed by atoms with Gasteiger partial charge in [-0.2, -0.15) is 0 Å². The van der Waals surface area contributed by atoms with Crippen LogP contribution in [-0.4, -0.2) is 87.8 Å². The second-order valence-electron chi connectivity index (χ2n) is 8.75. The molecule has 0 atom stereocenters. The number of quaternary nitrogens is 2. The number of benzene rings is 1. The molecule has 1 aromatic rings. The Morgan fingerprint density at radius 3 is 1.31 bits per heavy atom. The highest BCUT2D eigenvalue weighted by Crippen LogP contribution is 2.13. The molecule has 0 N–H and O–H groups in total. The first-order valence-corrected chi connectivity index (χ1v) is 11.6. The molecular formula is C26H38Br2N2O2. The monoisotopic (exact) mass is 568 g/mol. The third kappa shape index (κ3) is 8.82. The molecule has 0 unspecified atom stereocenters. The van der Waals surface area contributed by atoms with Crippen LogP contribution in [0.4, 0.5) is 0 Å². The fourth-order valence-corrected chi connectivity index (χ4v) is 4.59. The minimum atomic E-state index is 0. The molecule has 32 heavy (non-hydrogen) atoms. The van der Waals surface area contributed by atoms with E-state index in [9.17, 15) is 0 Å². The van der Waals surface area contributed by atoms with Gasteiger partial charge < -0.3 is 52.4 Å². The van der Waals surface area contributed by atoms with Gasteiger partial charge in [-0.3, -0.25) is 0 Å². The highest BCUT2D eigenvalue weighted by Gasteiger charge is 2.29. The fourth-order valence-electron chi connectivity index (χ4n) is 4.59. The Balaban J connectivity index is 0.00000256. The van der Waals surface area contributed by atoms with E-state index in [1.165, 1.54) is 25.9 Å². The zero-order valence-corrected chi connectivity index (χ0v) is 22.8. The molecule has 0 spiro atoms. The average molecular weight is 570 g/mol. The van der Waals surface area contributed by atoms with Gasteiger partial charge in [0.25, 0.3) is 0 Å². The Hall–Kier alpha value is -0.860. The van der Waals surface area contributed by atoms with Crippen molar-refractivity contribution >= 4 is 0 Å². The van der Waals surface area contributed by atoms with Crippen molar-refractivity contribution in [2.45, 2.75) is 26.7 Å². The number of ether oxygens (including phenoxy) is 2. The molecule has 4 nitrogen and oxygen atoms in total. The molecular weight excluding hydrogens is 532 g/mol. The first-order valence-electron chi connectivity index (χ1n) is 11.6. The molecule has 0 amide bonds. The third-order valence-corrected chi connectivity index (χ3v) is 6.42. The zero-order valence-electron chi connectivity index (χ0n) is 19.7. The molecule has 178 valence electrons. The highest BCUT2D eigenvalue weighted by molar-refractivity contribution is 5.41. The van der Waals surface area contributed by atoms with Crippen LogP contribution in [0, 0.1) is 23.7 Å². The van der Waals surface area contributed by atoms with E-state index in [-0.39, 0.29) is 34.0 Å². The van der Waals surface area contributed by atoms with Crippen LogP contribution in [0.1, 0.15) is 37.8 Å². The van der Waals surface area contributed by atoms with Crippen LogP contribution in [0.5, 0.6) is 0 Å². The minimum absolute atomic E-state index is 0. The van der Waals surface area contributed by atoms with E-state index in [0.29, 0.717) is 0 Å². The predicted molar refractivity (Wildman–Crippen MR) is 122 cm³/mol. The lowest BCUT2D eigenvalue weighted by Crippen LogP contribution is -3.00. The van der Waals surface area contributed by atoms with Gasteiger partial charge in [-0.15, -0.1) is 0 Å². The normalized spacial score (nSPS) is 18.6. The quantitative estimate of drug-likeness (QED) is 0.267. The summed E-state index contributed by atoms with van der Waals surface area (Å²) in [6.45, 7) is 16.5. The van der Waals surface area contributed by atoms with E-state index >= 15 is 0 Å². The number of hydrogen-bond acceptors (Lipinski definition) is 2. The summed E-state index contributed by atoms with van der Waals surface area (Å²) < 4.78 is 13.3. The van der Waals surface area contributed by atoms with E-state index in [1.54, 1.807) is 0 Å². The lowest BCUT2D eigenvalue weighted by Gasteiger charge is -2.39. The molecule has 0 saturated carbocycles. The van der Waals surface area contributed by atoms with Gasteiger partial charge in [-0.05, 0) is 48.9 Å². The Morgan fingerprint density at radius 1 is 0.656 bits per heavy atom. The van der Waals surface area contributed by atoms with Gasteiger partial charge in [0.1, 0.15) is 39.3 Å². The second kappa shape index (κ2) is 15.1. The summed E-state index contributed by atoms with van der Waals surface area (Å²) >= 11 is 0. The van der Waals surface area contributed by atoms with Crippen molar-refractivity contribution in [3.63, 3.8) is 0 Å². The molecule has 2 fully saturated rings. The van der Waals surface area contributed by atoms with Gasteiger partial charge in [0.15, 0.2) is 0 Å². The van der Waals surface area contributed by atoms with Crippen molar-refractivity contribution in [1.29, 1.82) is 0 Å². The van der Waals surface area contributed by atoms with Crippen molar-refractivity contribution in [1.82, 2.24) is 0 Å². The van der Waals surface area contributed by atoms with E-state index in [2.05, 4.69) is 61.8 Å². The molecule has 3 rings (SSSR count). The van der Waals surface area contributed by atoms with Crippen LogP contribution < -0.4 is 34.0 Å². The lowest BCUT2D eigenvalue weighted by molar-refractivity contribution is -0.928. The van der Waals surface area contributed by atoms with Crippen LogP contribution >= 0.6 is 0 Å². The first kappa shape index (κ1) is 29.2. The first-order chi connectivity index (χ1) is 14.7. The maximum atomic E-state index is 5.56. The molecule has 2 aliphatic heterocycles. The largest absolute Gasteiger partial charge is 1.00 e. The molecule has 2 heterocycles. The zero-order chi connectivity index (χ0) is 21.1. The van der Waals surface area contributed by atoms with Gasteiger partial charge in [0, 0.05) is 11.1 Å². The molecule has 1 aromatic carbocycles. The highest BCUT2D eigenvalue weighted by atomic mass is 79.9. The molecule has 0 bridgehead atoms. The molecule has 0 aliphatic carbocycles. The van der Waals surface area contributed by atoms with Gasteiger partial charge >= 0.3 is 0 Å². The maximum Gasteiger partial charge on any atom is 0.141 e. The lowest BCUT2D eigenvalue weighted by atomic mass is 10.1. The van der Waals surface area contributed by atoms with Gasteiger partial charge in [-0.25, -0.2) is 0 Å². The molecule has 2 aliphatic rings. The van der Waals surface area contributed by atoms with Gasteiger partial charge in [0.2, 0.25) is 0 Å². The molecule has 0 aromatic heterocycles. The minimum Gasteiger partial charge on any atom is -1.00 e. The second-order valence-corrected chi connectivity index (χ2v) is 8.75. The van der Waals surface area contributed by atoms with Crippen molar-refractivity contribution in [2.75, 3.05) is 78.8 Å². The summed E-state index contributed by atoms with van der Waals surface area (Å²) in [5.41, 5.74) is 2.15. The fraction of sp³-hybridized carbons (Fsp3) is 0.615.